The fourth-order valence-corrected chi connectivity index (χ4v) is 4.64. The van der Waals surface area contributed by atoms with Crippen LogP contribution in [-0.2, 0) is 20.7 Å². The Balaban J connectivity index is 1.33. The van der Waals surface area contributed by atoms with E-state index in [4.69, 9.17) is 9.47 Å². The number of methoxy groups -OCH3 is 1. The molecule has 0 aliphatic carbocycles. The van der Waals surface area contributed by atoms with E-state index in [1.807, 2.05) is 48.5 Å². The number of hydrogen-bond acceptors (Lipinski definition) is 6. The van der Waals surface area contributed by atoms with E-state index in [9.17, 15) is 19.5 Å². The zero-order valence-corrected chi connectivity index (χ0v) is 24.1. The summed E-state index contributed by atoms with van der Waals surface area (Å²) < 4.78 is 11.0. The van der Waals surface area contributed by atoms with Gasteiger partial charge in [0, 0.05) is 42.6 Å². The highest BCUT2D eigenvalue weighted by Gasteiger charge is 2.21. The number of ketones is 1. The fraction of sp³-hybridized carbons (Fsp3) is 0.229. The van der Waals surface area contributed by atoms with Gasteiger partial charge in [-0.05, 0) is 48.4 Å². The second kappa shape index (κ2) is 15.9. The lowest BCUT2D eigenvalue weighted by Gasteiger charge is -2.23. The molecule has 0 radical (unpaired) electrons. The molecule has 222 valence electrons. The van der Waals surface area contributed by atoms with E-state index in [0.717, 1.165) is 11.3 Å². The Kier molecular flexibility index (Phi) is 11.5. The lowest BCUT2D eigenvalue weighted by Crippen LogP contribution is -2.33. The monoisotopic (exact) mass is 580 g/mol. The molecular weight excluding hydrogens is 544 g/mol. The average molecular weight is 581 g/mol. The maximum absolute atomic E-state index is 13.1. The lowest BCUT2D eigenvalue weighted by molar-refractivity contribution is -0.137. The van der Waals surface area contributed by atoms with Crippen LogP contribution >= 0.6 is 0 Å². The smallest absolute Gasteiger partial charge is 0.326 e. The number of carbonyl (C=O) groups excluding carboxylic acids is 2. The van der Waals surface area contributed by atoms with Crippen molar-refractivity contribution < 1.29 is 29.0 Å². The van der Waals surface area contributed by atoms with Gasteiger partial charge in [-0.2, -0.15) is 0 Å². The average Bonchev–Trinajstić information content (AvgIpc) is 3.04. The number of benzene rings is 4. The van der Waals surface area contributed by atoms with Crippen LogP contribution in [0.2, 0.25) is 0 Å². The van der Waals surface area contributed by atoms with E-state index in [1.54, 1.807) is 72.7 Å². The predicted octanol–water partition coefficient (Wildman–Crippen LogP) is 5.86. The highest BCUT2D eigenvalue weighted by molar-refractivity contribution is 6.12. The summed E-state index contributed by atoms with van der Waals surface area (Å²) in [5.41, 5.74) is 3.05. The number of carboxylic acid groups (broad SMARTS) is 1. The van der Waals surface area contributed by atoms with E-state index >= 15 is 0 Å². The number of nitrogens with zero attached hydrogens (tertiary/aromatic N) is 1. The third-order valence-corrected chi connectivity index (χ3v) is 6.88. The predicted molar refractivity (Wildman–Crippen MR) is 167 cm³/mol. The molecule has 1 atom stereocenters. The first kappa shape index (κ1) is 31.0. The van der Waals surface area contributed by atoms with Gasteiger partial charge in [-0.3, -0.25) is 9.59 Å². The molecule has 0 aromatic heterocycles. The van der Waals surface area contributed by atoms with E-state index in [0.29, 0.717) is 55.2 Å². The number of hydrogen-bond donors (Lipinski definition) is 2. The van der Waals surface area contributed by atoms with Gasteiger partial charge in [-0.1, -0.05) is 72.8 Å². The van der Waals surface area contributed by atoms with Crippen molar-refractivity contribution in [1.29, 1.82) is 0 Å². The van der Waals surface area contributed by atoms with Crippen molar-refractivity contribution in [2.75, 3.05) is 37.1 Å². The lowest BCUT2D eigenvalue weighted by atomic mass is 10.00. The van der Waals surface area contributed by atoms with Crippen LogP contribution in [0.4, 0.5) is 11.4 Å². The zero-order chi connectivity index (χ0) is 30.4. The highest BCUT2D eigenvalue weighted by atomic mass is 16.5. The standard InChI is InChI=1S/C35H36N2O6/c1-42-24-21-33(38)37(28-13-6-3-7-14-28)22-10-23-43-29-19-17-26(18-20-29)25-32(35(40)41)36-31-16-9-8-15-30(31)34(39)27-11-4-2-5-12-27/h2-9,11-20,32,36H,10,21-25H2,1H3,(H,40,41)/t32-/m0/s1. The number of rotatable bonds is 16. The van der Waals surface area contributed by atoms with Gasteiger partial charge in [0.05, 0.1) is 19.6 Å². The third-order valence-electron chi connectivity index (χ3n) is 6.88. The van der Waals surface area contributed by atoms with Gasteiger partial charge in [-0.25, -0.2) is 4.79 Å². The number of carbonyl (C=O) groups is 3. The number of para-hydroxylation sites is 2. The summed E-state index contributed by atoms with van der Waals surface area (Å²) >= 11 is 0. The Morgan fingerprint density at radius 1 is 0.814 bits per heavy atom. The van der Waals surface area contributed by atoms with Crippen LogP contribution in [0, 0.1) is 0 Å². The fourth-order valence-electron chi connectivity index (χ4n) is 4.64. The van der Waals surface area contributed by atoms with Crippen LogP contribution < -0.4 is 15.0 Å². The summed E-state index contributed by atoms with van der Waals surface area (Å²) in [5, 5.41) is 13.0. The Hall–Kier alpha value is -4.95. The first-order chi connectivity index (χ1) is 21.0. The van der Waals surface area contributed by atoms with Crippen LogP contribution in [0.1, 0.15) is 34.3 Å². The van der Waals surface area contributed by atoms with Gasteiger partial charge in [0.1, 0.15) is 11.8 Å². The van der Waals surface area contributed by atoms with Crippen LogP contribution in [0.25, 0.3) is 0 Å². The molecule has 0 fully saturated rings. The van der Waals surface area contributed by atoms with Crippen molar-refractivity contribution in [2.24, 2.45) is 0 Å². The number of nitrogens with one attached hydrogen (secondary N) is 1. The molecule has 0 unspecified atom stereocenters. The highest BCUT2D eigenvalue weighted by Crippen LogP contribution is 2.22. The van der Waals surface area contributed by atoms with Crippen LogP contribution in [0.3, 0.4) is 0 Å². The number of amides is 1. The van der Waals surface area contributed by atoms with Gasteiger partial charge in [0.15, 0.2) is 5.78 Å². The summed E-state index contributed by atoms with van der Waals surface area (Å²) in [6, 6.07) is 31.7. The zero-order valence-electron chi connectivity index (χ0n) is 24.1. The molecule has 2 N–H and O–H groups in total. The Labute approximate surface area is 251 Å². The van der Waals surface area contributed by atoms with Crippen molar-refractivity contribution in [3.63, 3.8) is 0 Å². The molecule has 4 aromatic rings. The van der Waals surface area contributed by atoms with E-state index in [2.05, 4.69) is 5.32 Å². The van der Waals surface area contributed by atoms with E-state index in [1.165, 1.54) is 0 Å². The summed E-state index contributed by atoms with van der Waals surface area (Å²) in [4.78, 5) is 39.7. The molecule has 4 aromatic carbocycles. The van der Waals surface area contributed by atoms with Gasteiger partial charge in [0.2, 0.25) is 5.91 Å². The SMILES string of the molecule is COCCC(=O)N(CCCOc1ccc(C[C@H](Nc2ccccc2C(=O)c2ccccc2)C(=O)O)cc1)c1ccccc1. The molecule has 1 amide bonds. The Bertz CT molecular complexity index is 1480. The minimum Gasteiger partial charge on any atom is -0.494 e. The van der Waals surface area contributed by atoms with Gasteiger partial charge < -0.3 is 24.8 Å². The first-order valence-electron chi connectivity index (χ1n) is 14.2. The normalized spacial score (nSPS) is 11.4. The van der Waals surface area contributed by atoms with Crippen molar-refractivity contribution in [2.45, 2.75) is 25.3 Å². The molecular formula is C35H36N2O6. The Morgan fingerprint density at radius 3 is 2.14 bits per heavy atom. The van der Waals surface area contributed by atoms with Crippen molar-refractivity contribution >= 4 is 29.0 Å². The summed E-state index contributed by atoms with van der Waals surface area (Å²) in [7, 11) is 1.58. The molecule has 43 heavy (non-hydrogen) atoms. The minimum atomic E-state index is -1.02. The van der Waals surface area contributed by atoms with Gasteiger partial charge in [-0.15, -0.1) is 0 Å². The van der Waals surface area contributed by atoms with Crippen LogP contribution in [-0.4, -0.2) is 55.7 Å². The quantitative estimate of drug-likeness (QED) is 0.126. The van der Waals surface area contributed by atoms with E-state index < -0.39 is 12.0 Å². The number of ether oxygens (including phenoxy) is 2. The second-order valence-corrected chi connectivity index (χ2v) is 9.95. The molecule has 0 aliphatic heterocycles. The molecule has 0 heterocycles. The summed E-state index contributed by atoms with van der Waals surface area (Å²) in [6.07, 6.45) is 1.13. The van der Waals surface area contributed by atoms with Crippen LogP contribution in [0.15, 0.2) is 109 Å². The number of carboxylic acids is 1. The topological polar surface area (TPSA) is 105 Å². The van der Waals surface area contributed by atoms with Crippen molar-refractivity contribution in [1.82, 2.24) is 0 Å². The van der Waals surface area contributed by atoms with Crippen LogP contribution in [0.5, 0.6) is 5.75 Å². The first-order valence-corrected chi connectivity index (χ1v) is 14.2. The van der Waals surface area contributed by atoms with Crippen molar-refractivity contribution in [3.05, 3.63) is 126 Å². The molecule has 8 heteroatoms. The largest absolute Gasteiger partial charge is 0.494 e. The molecule has 0 aliphatic rings. The Morgan fingerprint density at radius 2 is 1.47 bits per heavy atom. The van der Waals surface area contributed by atoms with Crippen molar-refractivity contribution in [3.8, 4) is 5.75 Å². The molecule has 0 saturated heterocycles. The number of aliphatic carboxylic acids is 1. The number of anilines is 2. The molecule has 4 rings (SSSR count). The van der Waals surface area contributed by atoms with Gasteiger partial charge >= 0.3 is 5.97 Å². The second-order valence-electron chi connectivity index (χ2n) is 9.95. The van der Waals surface area contributed by atoms with E-state index in [-0.39, 0.29) is 18.1 Å². The summed E-state index contributed by atoms with van der Waals surface area (Å²) in [5.74, 6) is -0.559. The summed E-state index contributed by atoms with van der Waals surface area (Å²) in [6.45, 7) is 1.28. The maximum Gasteiger partial charge on any atom is 0.326 e. The van der Waals surface area contributed by atoms with Gasteiger partial charge in [0.25, 0.3) is 0 Å². The maximum atomic E-state index is 13.1. The molecule has 0 spiro atoms. The molecule has 8 nitrogen and oxygen atoms in total. The minimum absolute atomic E-state index is 0.00828. The molecule has 0 bridgehead atoms. The third kappa shape index (κ3) is 9.02. The molecule has 0 saturated carbocycles.